The van der Waals surface area contributed by atoms with E-state index in [4.69, 9.17) is 16.0 Å². The van der Waals surface area contributed by atoms with E-state index in [-0.39, 0.29) is 0 Å². The standard InChI is InChI=1S/C18H19ClN4OS/c1-3-4-17-21-22-18(25-12-14-6-8-15(19)9-7-14)23(17)20-11-16-10-5-13(2)24-16/h5-11H,3-4,12H2,1-2H3/b20-11+. The zero-order chi connectivity index (χ0) is 17.6. The van der Waals surface area contributed by atoms with Gasteiger partial charge in [0.2, 0.25) is 5.16 Å². The number of thioether (sulfide) groups is 1. The fourth-order valence-corrected chi connectivity index (χ4v) is 3.23. The van der Waals surface area contributed by atoms with E-state index in [1.807, 2.05) is 43.3 Å². The molecule has 0 aliphatic heterocycles. The molecule has 25 heavy (non-hydrogen) atoms. The molecule has 2 heterocycles. The molecule has 0 saturated heterocycles. The Morgan fingerprint density at radius 1 is 1.20 bits per heavy atom. The Morgan fingerprint density at radius 3 is 2.68 bits per heavy atom. The van der Waals surface area contributed by atoms with Gasteiger partial charge in [0.15, 0.2) is 5.82 Å². The van der Waals surface area contributed by atoms with Crippen LogP contribution in [0.5, 0.6) is 0 Å². The minimum Gasteiger partial charge on any atom is -0.460 e. The number of nitrogens with zero attached hydrogens (tertiary/aromatic N) is 4. The van der Waals surface area contributed by atoms with Crippen LogP contribution >= 0.6 is 23.4 Å². The number of rotatable bonds is 7. The molecular formula is C18H19ClN4OS. The molecule has 0 amide bonds. The third kappa shape index (κ3) is 4.74. The number of hydrogen-bond acceptors (Lipinski definition) is 5. The fraction of sp³-hybridized carbons (Fsp3) is 0.278. The Kier molecular flexibility index (Phi) is 5.94. The molecule has 0 radical (unpaired) electrons. The van der Waals surface area contributed by atoms with Crippen molar-refractivity contribution in [1.29, 1.82) is 0 Å². The lowest BCUT2D eigenvalue weighted by atomic mass is 10.2. The van der Waals surface area contributed by atoms with E-state index >= 15 is 0 Å². The van der Waals surface area contributed by atoms with Gasteiger partial charge in [-0.25, -0.2) is 0 Å². The summed E-state index contributed by atoms with van der Waals surface area (Å²) in [4.78, 5) is 0. The summed E-state index contributed by atoms with van der Waals surface area (Å²) >= 11 is 7.53. The van der Waals surface area contributed by atoms with Crippen LogP contribution in [0.3, 0.4) is 0 Å². The first-order chi connectivity index (χ1) is 12.2. The predicted octanol–water partition coefficient (Wildman–Crippen LogP) is 4.96. The molecule has 0 fully saturated rings. The van der Waals surface area contributed by atoms with Crippen molar-refractivity contribution in [2.45, 2.75) is 37.6 Å². The van der Waals surface area contributed by atoms with Gasteiger partial charge in [-0.15, -0.1) is 10.2 Å². The Balaban J connectivity index is 1.78. The SMILES string of the molecule is CCCc1nnc(SCc2ccc(Cl)cc2)n1/N=C/c1ccc(C)o1. The molecule has 0 atom stereocenters. The van der Waals surface area contributed by atoms with Gasteiger partial charge in [-0.3, -0.25) is 0 Å². The van der Waals surface area contributed by atoms with Crippen molar-refractivity contribution < 1.29 is 4.42 Å². The van der Waals surface area contributed by atoms with Crippen molar-refractivity contribution in [3.8, 4) is 0 Å². The number of hydrogen-bond donors (Lipinski definition) is 0. The molecule has 5 nitrogen and oxygen atoms in total. The minimum absolute atomic E-state index is 0.710. The van der Waals surface area contributed by atoms with E-state index in [1.165, 1.54) is 5.56 Å². The first-order valence-electron chi connectivity index (χ1n) is 8.08. The molecule has 2 aromatic heterocycles. The maximum atomic E-state index is 5.93. The van der Waals surface area contributed by atoms with Gasteiger partial charge in [0, 0.05) is 17.2 Å². The number of furan rings is 1. The van der Waals surface area contributed by atoms with Gasteiger partial charge in [0.25, 0.3) is 0 Å². The van der Waals surface area contributed by atoms with E-state index in [0.717, 1.165) is 40.4 Å². The monoisotopic (exact) mass is 374 g/mol. The van der Waals surface area contributed by atoms with Crippen molar-refractivity contribution in [3.63, 3.8) is 0 Å². The van der Waals surface area contributed by atoms with E-state index in [2.05, 4.69) is 22.2 Å². The second kappa shape index (κ2) is 8.36. The molecule has 0 aliphatic rings. The fourth-order valence-electron chi connectivity index (χ4n) is 2.25. The van der Waals surface area contributed by atoms with Gasteiger partial charge in [-0.05, 0) is 43.2 Å². The molecule has 0 unspecified atom stereocenters. The smallest absolute Gasteiger partial charge is 0.212 e. The first kappa shape index (κ1) is 17.8. The van der Waals surface area contributed by atoms with Crippen molar-refractivity contribution in [3.05, 3.63) is 64.3 Å². The molecule has 3 aromatic rings. The average molecular weight is 375 g/mol. The molecule has 1 aromatic carbocycles. The van der Waals surface area contributed by atoms with E-state index in [0.29, 0.717) is 5.76 Å². The van der Waals surface area contributed by atoms with Crippen molar-refractivity contribution in [2.75, 3.05) is 0 Å². The van der Waals surface area contributed by atoms with Crippen LogP contribution in [0.25, 0.3) is 0 Å². The summed E-state index contributed by atoms with van der Waals surface area (Å²) in [7, 11) is 0. The second-order valence-corrected chi connectivity index (χ2v) is 6.95. The van der Waals surface area contributed by atoms with Crippen LogP contribution in [0.4, 0.5) is 0 Å². The van der Waals surface area contributed by atoms with Crippen LogP contribution in [0.15, 0.2) is 51.1 Å². The van der Waals surface area contributed by atoms with Crippen molar-refractivity contribution >= 4 is 29.6 Å². The zero-order valence-corrected chi connectivity index (χ0v) is 15.7. The maximum Gasteiger partial charge on any atom is 0.212 e. The summed E-state index contributed by atoms with van der Waals surface area (Å²) in [6.45, 7) is 4.02. The lowest BCUT2D eigenvalue weighted by molar-refractivity contribution is 0.527. The summed E-state index contributed by atoms with van der Waals surface area (Å²) in [6, 6.07) is 11.6. The Hall–Kier alpha value is -2.05. The molecule has 0 saturated carbocycles. The van der Waals surface area contributed by atoms with Crippen molar-refractivity contribution in [1.82, 2.24) is 14.9 Å². The summed E-state index contributed by atoms with van der Waals surface area (Å²) in [6.07, 6.45) is 3.50. The van der Waals surface area contributed by atoms with Gasteiger partial charge >= 0.3 is 0 Å². The molecule has 0 aliphatic carbocycles. The lowest BCUT2D eigenvalue weighted by Gasteiger charge is -2.04. The van der Waals surface area contributed by atoms with E-state index in [1.54, 1.807) is 22.7 Å². The summed E-state index contributed by atoms with van der Waals surface area (Å²) in [5, 5.41) is 14.6. The van der Waals surface area contributed by atoms with Gasteiger partial charge < -0.3 is 4.42 Å². The Morgan fingerprint density at radius 2 is 2.00 bits per heavy atom. The number of aryl methyl sites for hydroxylation is 2. The Bertz CT molecular complexity index is 854. The van der Waals surface area contributed by atoms with Crippen LogP contribution in [0, 0.1) is 6.92 Å². The molecule has 0 bridgehead atoms. The van der Waals surface area contributed by atoms with E-state index < -0.39 is 0 Å². The summed E-state index contributed by atoms with van der Waals surface area (Å²) in [5.74, 6) is 3.19. The van der Waals surface area contributed by atoms with Crippen LogP contribution in [-0.4, -0.2) is 21.1 Å². The van der Waals surface area contributed by atoms with Gasteiger partial charge in [0.05, 0.1) is 6.21 Å². The van der Waals surface area contributed by atoms with Gasteiger partial charge in [-0.2, -0.15) is 9.78 Å². The van der Waals surface area contributed by atoms with Crippen LogP contribution < -0.4 is 0 Å². The first-order valence-corrected chi connectivity index (χ1v) is 9.44. The summed E-state index contributed by atoms with van der Waals surface area (Å²) < 4.78 is 7.33. The largest absolute Gasteiger partial charge is 0.460 e. The second-order valence-electron chi connectivity index (χ2n) is 5.57. The lowest BCUT2D eigenvalue weighted by Crippen LogP contribution is -2.00. The maximum absolute atomic E-state index is 5.93. The molecule has 0 spiro atoms. The third-order valence-corrected chi connectivity index (χ3v) is 4.74. The minimum atomic E-state index is 0.710. The zero-order valence-electron chi connectivity index (χ0n) is 14.1. The topological polar surface area (TPSA) is 56.2 Å². The van der Waals surface area contributed by atoms with E-state index in [9.17, 15) is 0 Å². The van der Waals surface area contributed by atoms with Crippen LogP contribution in [-0.2, 0) is 12.2 Å². The van der Waals surface area contributed by atoms with Gasteiger partial charge in [0.1, 0.15) is 11.5 Å². The molecule has 130 valence electrons. The molecule has 0 N–H and O–H groups in total. The highest BCUT2D eigenvalue weighted by molar-refractivity contribution is 7.98. The normalized spacial score (nSPS) is 11.5. The molecular weight excluding hydrogens is 356 g/mol. The summed E-state index contributed by atoms with van der Waals surface area (Å²) in [5.41, 5.74) is 1.17. The average Bonchev–Trinajstić information content (AvgIpc) is 3.19. The molecule has 7 heteroatoms. The third-order valence-electron chi connectivity index (χ3n) is 3.49. The number of benzene rings is 1. The van der Waals surface area contributed by atoms with Crippen LogP contribution in [0.1, 0.15) is 36.3 Å². The number of halogens is 1. The Labute approximate surface area is 156 Å². The highest BCUT2D eigenvalue weighted by Crippen LogP contribution is 2.23. The van der Waals surface area contributed by atoms with Crippen LogP contribution in [0.2, 0.25) is 5.02 Å². The number of aromatic nitrogens is 3. The quantitative estimate of drug-likeness (QED) is 0.433. The van der Waals surface area contributed by atoms with Crippen molar-refractivity contribution in [2.24, 2.45) is 5.10 Å². The highest BCUT2D eigenvalue weighted by atomic mass is 35.5. The predicted molar refractivity (Wildman–Crippen MR) is 101 cm³/mol. The van der Waals surface area contributed by atoms with Gasteiger partial charge in [-0.1, -0.05) is 42.4 Å². The molecule has 3 rings (SSSR count). The highest BCUT2D eigenvalue weighted by Gasteiger charge is 2.12.